The van der Waals surface area contributed by atoms with Crippen molar-refractivity contribution in [1.82, 2.24) is 9.47 Å². The van der Waals surface area contributed by atoms with E-state index in [-0.39, 0.29) is 18.9 Å². The second-order valence-corrected chi connectivity index (χ2v) is 7.45. The van der Waals surface area contributed by atoms with E-state index in [0.29, 0.717) is 11.1 Å². The molecule has 1 N–H and O–H groups in total. The van der Waals surface area contributed by atoms with E-state index in [1.165, 1.54) is 23.0 Å². The number of nitrogens with one attached hydrogen (secondary N) is 1. The molecule has 0 unspecified atom stereocenters. The van der Waals surface area contributed by atoms with Crippen molar-refractivity contribution >= 4 is 22.7 Å². The van der Waals surface area contributed by atoms with Crippen LogP contribution in [0.1, 0.15) is 24.8 Å². The highest BCUT2D eigenvalue weighted by Crippen LogP contribution is 2.25. The van der Waals surface area contributed by atoms with Crippen LogP contribution in [0.5, 0.6) is 0 Å². The molecule has 1 saturated carbocycles. The molecule has 0 spiro atoms. The zero-order chi connectivity index (χ0) is 19.5. The minimum atomic E-state index is -0.434. The molecular formula is C22H25N3O3. The Labute approximate surface area is 163 Å². The van der Waals surface area contributed by atoms with Gasteiger partial charge in [0.1, 0.15) is 0 Å². The fraction of sp³-hybridized carbons (Fsp3) is 0.364. The summed E-state index contributed by atoms with van der Waals surface area (Å²) in [5.41, 5.74) is 3.25. The predicted octanol–water partition coefficient (Wildman–Crippen LogP) is 3.26. The SMILES string of the molecule is CN(CCc1cccc(NC(=O)CCn2c(=O)oc3ccccc32)c1)C1CC1. The minimum Gasteiger partial charge on any atom is -0.408 e. The number of anilines is 1. The molecule has 1 aliphatic carbocycles. The van der Waals surface area contributed by atoms with Gasteiger partial charge >= 0.3 is 5.76 Å². The number of rotatable bonds is 8. The molecule has 4 rings (SSSR count). The second kappa shape index (κ2) is 8.02. The lowest BCUT2D eigenvalue weighted by Crippen LogP contribution is -2.23. The van der Waals surface area contributed by atoms with E-state index in [2.05, 4.69) is 23.3 Å². The van der Waals surface area contributed by atoms with E-state index in [1.54, 1.807) is 6.07 Å². The topological polar surface area (TPSA) is 67.5 Å². The first-order valence-electron chi connectivity index (χ1n) is 9.77. The molecule has 1 aliphatic rings. The summed E-state index contributed by atoms with van der Waals surface area (Å²) in [7, 11) is 2.17. The van der Waals surface area contributed by atoms with Gasteiger partial charge in [-0.05, 0) is 56.1 Å². The van der Waals surface area contributed by atoms with E-state index in [9.17, 15) is 9.59 Å². The van der Waals surface area contributed by atoms with Crippen LogP contribution in [0.4, 0.5) is 5.69 Å². The highest BCUT2D eigenvalue weighted by molar-refractivity contribution is 5.90. The van der Waals surface area contributed by atoms with Gasteiger partial charge < -0.3 is 14.6 Å². The number of oxazole rings is 1. The maximum Gasteiger partial charge on any atom is 0.419 e. The molecule has 1 fully saturated rings. The number of amides is 1. The van der Waals surface area contributed by atoms with Gasteiger partial charge in [-0.3, -0.25) is 9.36 Å². The first-order chi connectivity index (χ1) is 13.6. The molecule has 0 radical (unpaired) electrons. The summed E-state index contributed by atoms with van der Waals surface area (Å²) in [6.45, 7) is 1.31. The normalized spacial score (nSPS) is 13.9. The fourth-order valence-electron chi connectivity index (χ4n) is 3.47. The number of aromatic nitrogens is 1. The summed E-state index contributed by atoms with van der Waals surface area (Å²) in [5.74, 6) is -0.555. The van der Waals surface area contributed by atoms with Crippen LogP contribution in [0.2, 0.25) is 0 Å². The van der Waals surface area contributed by atoms with Gasteiger partial charge in [0.15, 0.2) is 5.58 Å². The molecule has 6 nitrogen and oxygen atoms in total. The van der Waals surface area contributed by atoms with E-state index < -0.39 is 5.76 Å². The zero-order valence-corrected chi connectivity index (χ0v) is 16.1. The van der Waals surface area contributed by atoms with Crippen molar-refractivity contribution in [2.24, 2.45) is 0 Å². The molecule has 1 aromatic heterocycles. The Balaban J connectivity index is 1.33. The van der Waals surface area contributed by atoms with Gasteiger partial charge in [0.25, 0.3) is 0 Å². The van der Waals surface area contributed by atoms with Crippen LogP contribution >= 0.6 is 0 Å². The number of para-hydroxylation sites is 2. The molecule has 146 valence electrons. The predicted molar refractivity (Wildman–Crippen MR) is 110 cm³/mol. The smallest absolute Gasteiger partial charge is 0.408 e. The van der Waals surface area contributed by atoms with Crippen molar-refractivity contribution in [3.8, 4) is 0 Å². The molecule has 3 aromatic rings. The second-order valence-electron chi connectivity index (χ2n) is 7.45. The van der Waals surface area contributed by atoms with E-state index in [4.69, 9.17) is 4.42 Å². The molecule has 0 aliphatic heterocycles. The molecule has 0 atom stereocenters. The average Bonchev–Trinajstić information content (AvgIpc) is 3.48. The summed E-state index contributed by atoms with van der Waals surface area (Å²) < 4.78 is 6.70. The van der Waals surface area contributed by atoms with E-state index in [1.807, 2.05) is 36.4 Å². The van der Waals surface area contributed by atoms with Gasteiger partial charge in [0.2, 0.25) is 5.91 Å². The zero-order valence-electron chi connectivity index (χ0n) is 16.1. The van der Waals surface area contributed by atoms with E-state index in [0.717, 1.165) is 24.7 Å². The minimum absolute atomic E-state index is 0.121. The van der Waals surface area contributed by atoms with Gasteiger partial charge in [-0.1, -0.05) is 24.3 Å². The molecule has 1 heterocycles. The quantitative estimate of drug-likeness (QED) is 0.652. The van der Waals surface area contributed by atoms with Crippen LogP contribution in [0.15, 0.2) is 57.7 Å². The molecule has 0 saturated heterocycles. The van der Waals surface area contributed by atoms with Gasteiger partial charge in [-0.15, -0.1) is 0 Å². The summed E-state index contributed by atoms with van der Waals surface area (Å²) in [6, 6.07) is 16.0. The Bertz CT molecular complexity index is 1030. The molecule has 0 bridgehead atoms. The molecular weight excluding hydrogens is 354 g/mol. The Morgan fingerprint density at radius 3 is 2.86 bits per heavy atom. The number of nitrogens with zero attached hydrogens (tertiary/aromatic N) is 2. The number of fused-ring (bicyclic) bond motifs is 1. The van der Waals surface area contributed by atoms with Gasteiger partial charge in [0.05, 0.1) is 5.52 Å². The van der Waals surface area contributed by atoms with Crippen LogP contribution in [-0.2, 0) is 17.8 Å². The Hall–Kier alpha value is -2.86. The monoisotopic (exact) mass is 379 g/mol. The molecule has 28 heavy (non-hydrogen) atoms. The van der Waals surface area contributed by atoms with E-state index >= 15 is 0 Å². The third kappa shape index (κ3) is 4.34. The lowest BCUT2D eigenvalue weighted by Gasteiger charge is -2.15. The maximum absolute atomic E-state index is 12.4. The number of carbonyl (C=O) groups is 1. The van der Waals surface area contributed by atoms with Gasteiger partial charge in [-0.2, -0.15) is 0 Å². The number of aryl methyl sites for hydroxylation is 1. The van der Waals surface area contributed by atoms with Crippen LogP contribution in [0.25, 0.3) is 11.1 Å². The number of hydrogen-bond acceptors (Lipinski definition) is 4. The third-order valence-corrected chi connectivity index (χ3v) is 5.27. The standard InChI is InChI=1S/C22H25N3O3/c1-24(18-9-10-18)13-11-16-5-4-6-17(15-16)23-21(26)12-14-25-19-7-2-3-8-20(19)28-22(25)27/h2-8,15,18H,9-14H2,1H3,(H,23,26). The van der Waals surface area contributed by atoms with Gasteiger partial charge in [0, 0.05) is 31.2 Å². The van der Waals surface area contributed by atoms with Crippen molar-refractivity contribution in [3.05, 3.63) is 64.6 Å². The average molecular weight is 379 g/mol. The summed E-state index contributed by atoms with van der Waals surface area (Å²) in [4.78, 5) is 26.8. The summed E-state index contributed by atoms with van der Waals surface area (Å²) >= 11 is 0. The van der Waals surface area contributed by atoms with Crippen LogP contribution < -0.4 is 11.1 Å². The number of hydrogen-bond donors (Lipinski definition) is 1. The van der Waals surface area contributed by atoms with Crippen LogP contribution in [0.3, 0.4) is 0 Å². The van der Waals surface area contributed by atoms with Crippen molar-refractivity contribution in [3.63, 3.8) is 0 Å². The molecule has 2 aromatic carbocycles. The Kier molecular flexibility index (Phi) is 5.30. The van der Waals surface area contributed by atoms with Crippen LogP contribution in [-0.4, -0.2) is 35.0 Å². The first-order valence-corrected chi connectivity index (χ1v) is 9.77. The lowest BCUT2D eigenvalue weighted by atomic mass is 10.1. The largest absolute Gasteiger partial charge is 0.419 e. The summed E-state index contributed by atoms with van der Waals surface area (Å²) in [5, 5.41) is 2.94. The number of likely N-dealkylation sites (N-methyl/N-ethyl adjacent to an activating group) is 1. The van der Waals surface area contributed by atoms with Gasteiger partial charge in [-0.25, -0.2) is 4.79 Å². The maximum atomic E-state index is 12.4. The van der Waals surface area contributed by atoms with Crippen molar-refractivity contribution in [2.75, 3.05) is 18.9 Å². The highest BCUT2D eigenvalue weighted by atomic mass is 16.4. The summed E-state index contributed by atoms with van der Waals surface area (Å²) in [6.07, 6.45) is 3.79. The first kappa shape index (κ1) is 18.5. The van der Waals surface area contributed by atoms with Crippen molar-refractivity contribution in [2.45, 2.75) is 38.3 Å². The van der Waals surface area contributed by atoms with Crippen molar-refractivity contribution in [1.29, 1.82) is 0 Å². The Morgan fingerprint density at radius 2 is 2.04 bits per heavy atom. The number of carbonyl (C=O) groups excluding carboxylic acids is 1. The molecule has 1 amide bonds. The van der Waals surface area contributed by atoms with Crippen LogP contribution in [0, 0.1) is 0 Å². The number of benzene rings is 2. The fourth-order valence-corrected chi connectivity index (χ4v) is 3.47. The Morgan fingerprint density at radius 1 is 1.21 bits per heavy atom. The molecule has 6 heteroatoms. The third-order valence-electron chi connectivity index (χ3n) is 5.27. The highest BCUT2D eigenvalue weighted by Gasteiger charge is 2.25. The lowest BCUT2D eigenvalue weighted by molar-refractivity contribution is -0.116. The van der Waals surface area contributed by atoms with Crippen molar-refractivity contribution < 1.29 is 9.21 Å².